The van der Waals surface area contributed by atoms with Crippen LogP contribution in [0.15, 0.2) is 30.3 Å². The van der Waals surface area contributed by atoms with Crippen LogP contribution in [0.1, 0.15) is 34.5 Å². The highest BCUT2D eigenvalue weighted by Crippen LogP contribution is 2.24. The molecule has 7 heteroatoms. The van der Waals surface area contributed by atoms with E-state index in [2.05, 4.69) is 28.2 Å². The van der Waals surface area contributed by atoms with E-state index in [-0.39, 0.29) is 12.0 Å². The summed E-state index contributed by atoms with van der Waals surface area (Å²) in [5.41, 5.74) is 2.93. The SMILES string of the molecule is CCc1ccccc1OC1CN(C(=O)c2nnc3nc(C)cc(C)n23)C1. The molecule has 0 atom stereocenters. The van der Waals surface area contributed by atoms with E-state index >= 15 is 0 Å². The number of carbonyl (C=O) groups excluding carboxylic acids is 1. The fourth-order valence-electron chi connectivity index (χ4n) is 3.28. The zero-order valence-corrected chi connectivity index (χ0v) is 15.1. The lowest BCUT2D eigenvalue weighted by molar-refractivity contribution is 0.0164. The van der Waals surface area contributed by atoms with Gasteiger partial charge in [0.05, 0.1) is 13.1 Å². The maximum Gasteiger partial charge on any atom is 0.292 e. The van der Waals surface area contributed by atoms with Crippen molar-refractivity contribution in [2.24, 2.45) is 0 Å². The lowest BCUT2D eigenvalue weighted by atomic mass is 10.1. The van der Waals surface area contributed by atoms with Crippen molar-refractivity contribution in [1.29, 1.82) is 0 Å². The molecule has 1 amide bonds. The van der Waals surface area contributed by atoms with Crippen molar-refractivity contribution in [3.8, 4) is 5.75 Å². The summed E-state index contributed by atoms with van der Waals surface area (Å²) < 4.78 is 7.75. The molecule has 4 rings (SSSR count). The first-order valence-corrected chi connectivity index (χ1v) is 8.80. The number of aryl methyl sites for hydroxylation is 3. The third-order valence-corrected chi connectivity index (χ3v) is 4.67. The minimum Gasteiger partial charge on any atom is -0.486 e. The molecule has 2 aromatic heterocycles. The van der Waals surface area contributed by atoms with Crippen molar-refractivity contribution in [2.45, 2.75) is 33.3 Å². The maximum atomic E-state index is 12.8. The highest BCUT2D eigenvalue weighted by molar-refractivity contribution is 5.92. The summed E-state index contributed by atoms with van der Waals surface area (Å²) in [6.07, 6.45) is 0.926. The van der Waals surface area contributed by atoms with Gasteiger partial charge in [0.2, 0.25) is 5.82 Å². The second kappa shape index (κ2) is 6.40. The molecule has 0 spiro atoms. The van der Waals surface area contributed by atoms with Crippen molar-refractivity contribution in [3.05, 3.63) is 53.1 Å². The van der Waals surface area contributed by atoms with Gasteiger partial charge in [0.1, 0.15) is 11.9 Å². The summed E-state index contributed by atoms with van der Waals surface area (Å²) in [6, 6.07) is 9.94. The fourth-order valence-corrected chi connectivity index (χ4v) is 3.28. The van der Waals surface area contributed by atoms with Gasteiger partial charge in [-0.2, -0.15) is 0 Å². The average Bonchev–Trinajstić information content (AvgIpc) is 3.01. The van der Waals surface area contributed by atoms with Gasteiger partial charge in [-0.1, -0.05) is 25.1 Å². The Bertz CT molecular complexity index is 975. The van der Waals surface area contributed by atoms with E-state index in [1.807, 2.05) is 38.1 Å². The number of carbonyl (C=O) groups is 1. The normalized spacial score (nSPS) is 14.5. The first-order chi connectivity index (χ1) is 12.6. The largest absolute Gasteiger partial charge is 0.486 e. The Kier molecular flexibility index (Phi) is 4.06. The van der Waals surface area contributed by atoms with Gasteiger partial charge in [0.25, 0.3) is 11.7 Å². The van der Waals surface area contributed by atoms with Crippen molar-refractivity contribution in [2.75, 3.05) is 13.1 Å². The molecule has 0 bridgehead atoms. The number of aromatic nitrogens is 4. The Balaban J connectivity index is 1.47. The Morgan fingerprint density at radius 2 is 2.00 bits per heavy atom. The van der Waals surface area contributed by atoms with Gasteiger partial charge in [0, 0.05) is 11.4 Å². The molecule has 0 saturated carbocycles. The van der Waals surface area contributed by atoms with Gasteiger partial charge in [-0.25, -0.2) is 4.98 Å². The smallest absolute Gasteiger partial charge is 0.292 e. The van der Waals surface area contributed by atoms with Crippen LogP contribution < -0.4 is 4.74 Å². The number of rotatable bonds is 4. The Morgan fingerprint density at radius 3 is 2.77 bits per heavy atom. The van der Waals surface area contributed by atoms with E-state index < -0.39 is 0 Å². The standard InChI is InChI=1S/C19H21N5O2/c1-4-14-7-5-6-8-16(14)26-15-10-23(11-15)18(25)17-21-22-19-20-12(2)9-13(3)24(17)19/h5-9,15H,4,10-11H2,1-3H3. The summed E-state index contributed by atoms with van der Waals surface area (Å²) in [5, 5.41) is 8.09. The zero-order valence-electron chi connectivity index (χ0n) is 15.1. The van der Waals surface area contributed by atoms with E-state index in [0.717, 1.165) is 23.6 Å². The average molecular weight is 351 g/mol. The molecule has 1 aromatic carbocycles. The maximum absolute atomic E-state index is 12.8. The second-order valence-corrected chi connectivity index (χ2v) is 6.61. The molecule has 3 heterocycles. The van der Waals surface area contributed by atoms with Gasteiger partial charge in [-0.3, -0.25) is 9.20 Å². The topological polar surface area (TPSA) is 72.6 Å². The zero-order chi connectivity index (χ0) is 18.3. The van der Waals surface area contributed by atoms with Crippen LogP contribution in [-0.4, -0.2) is 49.6 Å². The fraction of sp³-hybridized carbons (Fsp3) is 0.368. The van der Waals surface area contributed by atoms with Crippen molar-refractivity contribution < 1.29 is 9.53 Å². The van der Waals surface area contributed by atoms with Crippen LogP contribution in [0.3, 0.4) is 0 Å². The number of ether oxygens (including phenoxy) is 1. The van der Waals surface area contributed by atoms with E-state index in [0.29, 0.717) is 24.7 Å². The number of benzene rings is 1. The second-order valence-electron chi connectivity index (χ2n) is 6.61. The van der Waals surface area contributed by atoms with Crippen LogP contribution in [-0.2, 0) is 6.42 Å². The van der Waals surface area contributed by atoms with E-state index in [1.165, 1.54) is 5.56 Å². The Labute approximate surface area is 151 Å². The molecular weight excluding hydrogens is 330 g/mol. The molecule has 0 unspecified atom stereocenters. The molecule has 26 heavy (non-hydrogen) atoms. The van der Waals surface area contributed by atoms with Gasteiger partial charge in [-0.15, -0.1) is 10.2 Å². The Morgan fingerprint density at radius 1 is 1.23 bits per heavy atom. The van der Waals surface area contributed by atoms with Gasteiger partial charge >= 0.3 is 0 Å². The summed E-state index contributed by atoms with van der Waals surface area (Å²) in [7, 11) is 0. The molecular formula is C19H21N5O2. The van der Waals surface area contributed by atoms with Crippen LogP contribution >= 0.6 is 0 Å². The van der Waals surface area contributed by atoms with Gasteiger partial charge < -0.3 is 9.64 Å². The number of para-hydroxylation sites is 1. The van der Waals surface area contributed by atoms with Gasteiger partial charge in [0.15, 0.2) is 0 Å². The van der Waals surface area contributed by atoms with Crippen molar-refractivity contribution >= 4 is 11.7 Å². The first-order valence-electron chi connectivity index (χ1n) is 8.80. The molecule has 1 saturated heterocycles. The molecule has 1 fully saturated rings. The van der Waals surface area contributed by atoms with E-state index in [9.17, 15) is 4.79 Å². The van der Waals surface area contributed by atoms with Gasteiger partial charge in [-0.05, 0) is 38.0 Å². The van der Waals surface area contributed by atoms with Crippen molar-refractivity contribution in [1.82, 2.24) is 24.5 Å². The predicted molar refractivity (Wildman–Crippen MR) is 96.4 cm³/mol. The molecule has 3 aromatic rings. The number of fused-ring (bicyclic) bond motifs is 1. The molecule has 1 aliphatic heterocycles. The highest BCUT2D eigenvalue weighted by atomic mass is 16.5. The van der Waals surface area contributed by atoms with E-state index in [1.54, 1.807) is 9.30 Å². The molecule has 0 radical (unpaired) electrons. The summed E-state index contributed by atoms with van der Waals surface area (Å²) in [4.78, 5) is 18.8. The minimum atomic E-state index is -0.144. The summed E-state index contributed by atoms with van der Waals surface area (Å²) in [5.74, 6) is 1.51. The molecule has 0 aliphatic carbocycles. The summed E-state index contributed by atoms with van der Waals surface area (Å²) >= 11 is 0. The first kappa shape index (κ1) is 16.5. The molecule has 0 N–H and O–H groups in total. The number of amides is 1. The van der Waals surface area contributed by atoms with Crippen LogP contribution in [0.5, 0.6) is 5.75 Å². The van der Waals surface area contributed by atoms with Crippen LogP contribution in [0, 0.1) is 13.8 Å². The number of nitrogens with zero attached hydrogens (tertiary/aromatic N) is 5. The number of hydrogen-bond acceptors (Lipinski definition) is 5. The predicted octanol–water partition coefficient (Wildman–Crippen LogP) is 2.21. The molecule has 1 aliphatic rings. The highest BCUT2D eigenvalue weighted by Gasteiger charge is 2.35. The van der Waals surface area contributed by atoms with Crippen molar-refractivity contribution in [3.63, 3.8) is 0 Å². The quantitative estimate of drug-likeness (QED) is 0.721. The lowest BCUT2D eigenvalue weighted by Crippen LogP contribution is -2.56. The minimum absolute atomic E-state index is 0.00676. The van der Waals surface area contributed by atoms with Crippen LogP contribution in [0.2, 0.25) is 0 Å². The number of hydrogen-bond donors (Lipinski definition) is 0. The molecule has 134 valence electrons. The lowest BCUT2D eigenvalue weighted by Gasteiger charge is -2.38. The molecule has 7 nitrogen and oxygen atoms in total. The third kappa shape index (κ3) is 2.79. The Hall–Kier alpha value is -2.96. The van der Waals surface area contributed by atoms with E-state index in [4.69, 9.17) is 4.74 Å². The summed E-state index contributed by atoms with van der Waals surface area (Å²) in [6.45, 7) is 7.02. The van der Waals surface area contributed by atoms with Crippen LogP contribution in [0.25, 0.3) is 5.78 Å². The third-order valence-electron chi connectivity index (χ3n) is 4.67. The van der Waals surface area contributed by atoms with Crippen LogP contribution in [0.4, 0.5) is 0 Å². The monoisotopic (exact) mass is 351 g/mol. The number of likely N-dealkylation sites (tertiary alicyclic amines) is 1.